The fourth-order valence-electron chi connectivity index (χ4n) is 1.14. The standard InChI is InChI=1S/C9H12BrN3O3/c1-2-13(5-8(11)12-15)9(14)6-3-4-7(10)16-6/h3-4,15H,2,5H2,1H3,(H2,11,12). The molecule has 0 saturated heterocycles. The molecule has 1 aromatic rings. The minimum atomic E-state index is -0.306. The minimum Gasteiger partial charge on any atom is -0.444 e. The monoisotopic (exact) mass is 289 g/mol. The van der Waals surface area contributed by atoms with Crippen molar-refractivity contribution in [3.05, 3.63) is 22.6 Å². The van der Waals surface area contributed by atoms with Crippen molar-refractivity contribution in [1.29, 1.82) is 0 Å². The summed E-state index contributed by atoms with van der Waals surface area (Å²) in [7, 11) is 0. The van der Waals surface area contributed by atoms with Crippen molar-refractivity contribution in [2.75, 3.05) is 13.1 Å². The van der Waals surface area contributed by atoms with Crippen LogP contribution in [0.3, 0.4) is 0 Å². The Kier molecular flexibility index (Phi) is 4.36. The predicted octanol–water partition coefficient (Wildman–Crippen LogP) is 1.25. The lowest BCUT2D eigenvalue weighted by Gasteiger charge is -2.18. The zero-order valence-electron chi connectivity index (χ0n) is 8.68. The third-order valence-electron chi connectivity index (χ3n) is 1.93. The molecule has 16 heavy (non-hydrogen) atoms. The molecule has 0 saturated carbocycles. The van der Waals surface area contributed by atoms with Crippen LogP contribution in [0.5, 0.6) is 0 Å². The summed E-state index contributed by atoms with van der Waals surface area (Å²) in [6, 6.07) is 3.19. The van der Waals surface area contributed by atoms with Crippen molar-refractivity contribution in [2.45, 2.75) is 6.92 Å². The van der Waals surface area contributed by atoms with Crippen LogP contribution >= 0.6 is 15.9 Å². The van der Waals surface area contributed by atoms with Crippen molar-refractivity contribution in [2.24, 2.45) is 10.9 Å². The highest BCUT2D eigenvalue weighted by Gasteiger charge is 2.18. The summed E-state index contributed by atoms with van der Waals surface area (Å²) in [6.45, 7) is 2.29. The van der Waals surface area contributed by atoms with Gasteiger partial charge in [-0.3, -0.25) is 4.79 Å². The summed E-state index contributed by atoms with van der Waals surface area (Å²) < 4.78 is 5.61. The number of halogens is 1. The number of likely N-dealkylation sites (N-methyl/N-ethyl adjacent to an activating group) is 1. The van der Waals surface area contributed by atoms with Gasteiger partial charge in [0, 0.05) is 6.54 Å². The number of nitrogens with zero attached hydrogens (tertiary/aromatic N) is 2. The van der Waals surface area contributed by atoms with E-state index in [0.717, 1.165) is 0 Å². The van der Waals surface area contributed by atoms with E-state index in [1.54, 1.807) is 19.1 Å². The lowest BCUT2D eigenvalue weighted by Crippen LogP contribution is -2.38. The Hall–Kier alpha value is -1.50. The maximum absolute atomic E-state index is 11.9. The predicted molar refractivity (Wildman–Crippen MR) is 61.4 cm³/mol. The number of oxime groups is 1. The molecule has 0 aliphatic rings. The Morgan fingerprint density at radius 3 is 2.81 bits per heavy atom. The van der Waals surface area contributed by atoms with Crippen LogP contribution < -0.4 is 5.73 Å². The van der Waals surface area contributed by atoms with Gasteiger partial charge in [-0.1, -0.05) is 5.16 Å². The first-order valence-corrected chi connectivity index (χ1v) is 5.38. The molecule has 1 rings (SSSR count). The number of hydrogen-bond donors (Lipinski definition) is 2. The zero-order chi connectivity index (χ0) is 12.1. The van der Waals surface area contributed by atoms with Crippen molar-refractivity contribution in [3.8, 4) is 0 Å². The summed E-state index contributed by atoms with van der Waals surface area (Å²) in [4.78, 5) is 13.3. The molecule has 6 nitrogen and oxygen atoms in total. The number of amides is 1. The van der Waals surface area contributed by atoms with E-state index in [1.807, 2.05) is 0 Å². The number of furan rings is 1. The van der Waals surface area contributed by atoms with Crippen LogP contribution in [0.1, 0.15) is 17.5 Å². The Balaban J connectivity index is 2.77. The van der Waals surface area contributed by atoms with Gasteiger partial charge in [0.05, 0.1) is 6.54 Å². The molecule has 0 aromatic carbocycles. The number of amidine groups is 1. The summed E-state index contributed by atoms with van der Waals surface area (Å²) in [5.41, 5.74) is 5.34. The Labute approximate surface area is 101 Å². The summed E-state index contributed by atoms with van der Waals surface area (Å²) in [5, 5.41) is 11.2. The van der Waals surface area contributed by atoms with Gasteiger partial charge in [0.25, 0.3) is 5.91 Å². The van der Waals surface area contributed by atoms with Crippen molar-refractivity contribution < 1.29 is 14.4 Å². The smallest absolute Gasteiger partial charge is 0.290 e. The van der Waals surface area contributed by atoms with E-state index in [4.69, 9.17) is 15.4 Å². The highest BCUT2D eigenvalue weighted by Crippen LogP contribution is 2.15. The van der Waals surface area contributed by atoms with Crippen LogP contribution in [0.2, 0.25) is 0 Å². The van der Waals surface area contributed by atoms with Gasteiger partial charge in [-0.05, 0) is 35.0 Å². The second-order valence-electron chi connectivity index (χ2n) is 3.01. The molecule has 7 heteroatoms. The number of carbonyl (C=O) groups is 1. The second-order valence-corrected chi connectivity index (χ2v) is 3.80. The zero-order valence-corrected chi connectivity index (χ0v) is 10.3. The average Bonchev–Trinajstić information content (AvgIpc) is 2.71. The van der Waals surface area contributed by atoms with Crippen molar-refractivity contribution in [1.82, 2.24) is 4.90 Å². The fraction of sp³-hybridized carbons (Fsp3) is 0.333. The first-order chi connectivity index (χ1) is 7.58. The van der Waals surface area contributed by atoms with Crippen LogP contribution in [0.4, 0.5) is 0 Å². The molecular formula is C9H12BrN3O3. The fourth-order valence-corrected chi connectivity index (χ4v) is 1.45. The van der Waals surface area contributed by atoms with Gasteiger partial charge in [0.1, 0.15) is 0 Å². The van der Waals surface area contributed by atoms with E-state index in [1.165, 1.54) is 4.90 Å². The van der Waals surface area contributed by atoms with Gasteiger partial charge < -0.3 is 20.3 Å². The molecule has 0 bridgehead atoms. The molecule has 0 unspecified atom stereocenters. The van der Waals surface area contributed by atoms with Gasteiger partial charge in [0.2, 0.25) is 0 Å². The van der Waals surface area contributed by atoms with E-state index in [2.05, 4.69) is 21.1 Å². The molecule has 0 fully saturated rings. The topological polar surface area (TPSA) is 92.1 Å². The first-order valence-electron chi connectivity index (χ1n) is 4.59. The molecule has 1 aromatic heterocycles. The number of rotatable bonds is 4. The van der Waals surface area contributed by atoms with Crippen LogP contribution in [-0.2, 0) is 0 Å². The lowest BCUT2D eigenvalue weighted by molar-refractivity contribution is 0.0753. The quantitative estimate of drug-likeness (QED) is 0.378. The molecule has 0 spiro atoms. The summed E-state index contributed by atoms with van der Waals surface area (Å²) in [5.74, 6) is -0.125. The van der Waals surface area contributed by atoms with Gasteiger partial charge in [-0.2, -0.15) is 0 Å². The highest BCUT2D eigenvalue weighted by atomic mass is 79.9. The van der Waals surface area contributed by atoms with Crippen LogP contribution in [0.25, 0.3) is 0 Å². The van der Waals surface area contributed by atoms with E-state index in [0.29, 0.717) is 11.2 Å². The van der Waals surface area contributed by atoms with Crippen molar-refractivity contribution >= 4 is 27.7 Å². The van der Waals surface area contributed by atoms with Gasteiger partial charge in [-0.25, -0.2) is 0 Å². The normalized spacial score (nSPS) is 11.5. The Morgan fingerprint density at radius 1 is 1.69 bits per heavy atom. The maximum Gasteiger partial charge on any atom is 0.290 e. The first kappa shape index (κ1) is 12.6. The number of carbonyl (C=O) groups excluding carboxylic acids is 1. The highest BCUT2D eigenvalue weighted by molar-refractivity contribution is 9.10. The molecule has 0 radical (unpaired) electrons. The number of nitrogens with two attached hydrogens (primary N) is 1. The summed E-state index contributed by atoms with van der Waals surface area (Å²) in [6.07, 6.45) is 0. The molecule has 1 heterocycles. The average molecular weight is 290 g/mol. The third kappa shape index (κ3) is 2.99. The molecule has 0 aliphatic carbocycles. The molecule has 1 amide bonds. The van der Waals surface area contributed by atoms with E-state index in [9.17, 15) is 4.79 Å². The van der Waals surface area contributed by atoms with Crippen LogP contribution in [0, 0.1) is 0 Å². The minimum absolute atomic E-state index is 0.0270. The van der Waals surface area contributed by atoms with E-state index in [-0.39, 0.29) is 24.0 Å². The Morgan fingerprint density at radius 2 is 2.38 bits per heavy atom. The van der Waals surface area contributed by atoms with Crippen LogP contribution in [-0.4, -0.2) is 34.9 Å². The molecule has 0 aliphatic heterocycles. The van der Waals surface area contributed by atoms with E-state index >= 15 is 0 Å². The SMILES string of the molecule is CCN(CC(N)=NO)C(=O)c1ccc(Br)o1. The number of hydrogen-bond acceptors (Lipinski definition) is 4. The Bertz CT molecular complexity index is 402. The lowest BCUT2D eigenvalue weighted by atomic mass is 10.3. The third-order valence-corrected chi connectivity index (χ3v) is 2.36. The molecule has 0 atom stereocenters. The molecule has 3 N–H and O–H groups in total. The maximum atomic E-state index is 11.9. The van der Waals surface area contributed by atoms with Gasteiger partial charge in [0.15, 0.2) is 16.3 Å². The molecular weight excluding hydrogens is 278 g/mol. The van der Waals surface area contributed by atoms with Gasteiger partial charge >= 0.3 is 0 Å². The van der Waals surface area contributed by atoms with Gasteiger partial charge in [-0.15, -0.1) is 0 Å². The second kappa shape index (κ2) is 5.55. The van der Waals surface area contributed by atoms with Crippen LogP contribution in [0.15, 0.2) is 26.4 Å². The van der Waals surface area contributed by atoms with Crippen molar-refractivity contribution in [3.63, 3.8) is 0 Å². The van der Waals surface area contributed by atoms with E-state index < -0.39 is 0 Å². The largest absolute Gasteiger partial charge is 0.444 e. The molecule has 88 valence electrons. The summed E-state index contributed by atoms with van der Waals surface area (Å²) >= 11 is 3.11.